The van der Waals surface area contributed by atoms with Crippen molar-refractivity contribution in [3.8, 4) is 5.75 Å². The van der Waals surface area contributed by atoms with Crippen LogP contribution in [-0.2, 0) is 4.79 Å². The number of benzene rings is 1. The molecule has 0 fully saturated rings. The molecule has 1 aromatic carbocycles. The maximum Gasteiger partial charge on any atom is 0.215 e. The van der Waals surface area contributed by atoms with Crippen LogP contribution in [0.25, 0.3) is 0 Å². The number of carbonyl (C=O) groups is 3. The van der Waals surface area contributed by atoms with E-state index in [4.69, 9.17) is 16.3 Å². The first-order valence-electron chi connectivity index (χ1n) is 9.07. The Labute approximate surface area is 182 Å². The zero-order chi connectivity index (χ0) is 22.5. The van der Waals surface area contributed by atoms with E-state index in [0.29, 0.717) is 17.5 Å². The van der Waals surface area contributed by atoms with Crippen molar-refractivity contribution in [3.05, 3.63) is 82.1 Å². The van der Waals surface area contributed by atoms with Crippen LogP contribution in [0.4, 0.5) is 10.1 Å². The highest BCUT2D eigenvalue weighted by Crippen LogP contribution is 2.24. The summed E-state index contributed by atoms with van der Waals surface area (Å²) >= 11 is 6.01. The SMILES string of the molecule is COc1ccc(C(=O)C(C=O)Nc2cc(Cl)cnc2C(=O)c2cccnc2C)cc1F. The van der Waals surface area contributed by atoms with Crippen LogP contribution in [-0.4, -0.2) is 41.0 Å². The summed E-state index contributed by atoms with van der Waals surface area (Å²) in [6.45, 7) is 1.67. The minimum atomic E-state index is -1.41. The molecule has 0 amide bonds. The Morgan fingerprint density at radius 1 is 1.23 bits per heavy atom. The van der Waals surface area contributed by atoms with Crippen LogP contribution >= 0.6 is 11.6 Å². The van der Waals surface area contributed by atoms with Crippen LogP contribution < -0.4 is 10.1 Å². The Kier molecular flexibility index (Phi) is 6.71. The lowest BCUT2D eigenvalue weighted by Crippen LogP contribution is -2.32. The lowest BCUT2D eigenvalue weighted by atomic mass is 10.0. The second kappa shape index (κ2) is 9.44. The van der Waals surface area contributed by atoms with E-state index in [9.17, 15) is 18.8 Å². The number of ether oxygens (including phenoxy) is 1. The third kappa shape index (κ3) is 4.75. The highest BCUT2D eigenvalue weighted by atomic mass is 35.5. The summed E-state index contributed by atoms with van der Waals surface area (Å²) in [6.07, 6.45) is 3.19. The van der Waals surface area contributed by atoms with Crippen LogP contribution in [0.1, 0.15) is 32.1 Å². The number of aldehydes is 1. The molecular formula is C22H17ClFN3O4. The fourth-order valence-corrected chi connectivity index (χ4v) is 3.07. The zero-order valence-electron chi connectivity index (χ0n) is 16.6. The second-order valence-electron chi connectivity index (χ2n) is 6.49. The Morgan fingerprint density at radius 2 is 2.00 bits per heavy atom. The zero-order valence-corrected chi connectivity index (χ0v) is 17.3. The predicted molar refractivity (Wildman–Crippen MR) is 112 cm³/mol. The van der Waals surface area contributed by atoms with Gasteiger partial charge in [-0.25, -0.2) is 9.37 Å². The van der Waals surface area contributed by atoms with Gasteiger partial charge in [-0.15, -0.1) is 0 Å². The smallest absolute Gasteiger partial charge is 0.215 e. The maximum atomic E-state index is 14.0. The molecule has 0 aliphatic carbocycles. The van der Waals surface area contributed by atoms with Gasteiger partial charge in [0.1, 0.15) is 18.0 Å². The van der Waals surface area contributed by atoms with Gasteiger partial charge in [0.05, 0.1) is 17.8 Å². The third-order valence-electron chi connectivity index (χ3n) is 4.49. The number of pyridine rings is 2. The van der Waals surface area contributed by atoms with Gasteiger partial charge in [-0.05, 0) is 43.3 Å². The van der Waals surface area contributed by atoms with E-state index < -0.39 is 23.4 Å². The molecular weight excluding hydrogens is 425 g/mol. The average molecular weight is 442 g/mol. The van der Waals surface area contributed by atoms with E-state index in [1.807, 2.05) is 0 Å². The summed E-state index contributed by atoms with van der Waals surface area (Å²) in [5, 5.41) is 2.88. The fourth-order valence-electron chi connectivity index (χ4n) is 2.91. The standard InChI is InChI=1S/C22H17ClFN3O4/c1-12-15(4-3-7-25-12)22(30)20-17(9-14(23)10-26-20)27-18(11-28)21(29)13-5-6-19(31-2)16(24)8-13/h3-11,18,27H,1-2H3. The number of carbonyl (C=O) groups excluding carboxylic acids is 3. The molecule has 2 heterocycles. The summed E-state index contributed by atoms with van der Waals surface area (Å²) in [5.74, 6) is -1.94. The number of Topliss-reactive ketones (excluding diaryl/α,β-unsaturated/α-hetero) is 1. The number of anilines is 1. The minimum absolute atomic E-state index is 0.0362. The summed E-state index contributed by atoms with van der Waals surface area (Å²) in [6, 6.07) is 6.77. The Bertz CT molecular complexity index is 1170. The van der Waals surface area contributed by atoms with Gasteiger partial charge < -0.3 is 14.8 Å². The molecule has 158 valence electrons. The van der Waals surface area contributed by atoms with Gasteiger partial charge in [-0.2, -0.15) is 0 Å². The van der Waals surface area contributed by atoms with Crippen molar-refractivity contribution in [1.82, 2.24) is 9.97 Å². The lowest BCUT2D eigenvalue weighted by molar-refractivity contribution is -0.107. The van der Waals surface area contributed by atoms with Crippen molar-refractivity contribution in [2.45, 2.75) is 13.0 Å². The Morgan fingerprint density at radius 3 is 2.65 bits per heavy atom. The van der Waals surface area contributed by atoms with Gasteiger partial charge in [0.2, 0.25) is 5.78 Å². The highest BCUT2D eigenvalue weighted by molar-refractivity contribution is 6.31. The third-order valence-corrected chi connectivity index (χ3v) is 4.69. The maximum absolute atomic E-state index is 14.0. The molecule has 0 radical (unpaired) electrons. The quantitative estimate of drug-likeness (QED) is 0.323. The van der Waals surface area contributed by atoms with Gasteiger partial charge in [0.25, 0.3) is 0 Å². The Balaban J connectivity index is 1.95. The number of nitrogens with zero attached hydrogens (tertiary/aromatic N) is 2. The minimum Gasteiger partial charge on any atom is -0.494 e. The number of aromatic nitrogens is 2. The molecule has 1 atom stereocenters. The number of aryl methyl sites for hydroxylation is 1. The Hall–Kier alpha value is -3.65. The number of methoxy groups -OCH3 is 1. The number of nitrogens with one attached hydrogen (secondary N) is 1. The normalized spacial score (nSPS) is 11.5. The van der Waals surface area contributed by atoms with Crippen molar-refractivity contribution >= 4 is 35.1 Å². The topological polar surface area (TPSA) is 98.3 Å². The molecule has 0 bridgehead atoms. The highest BCUT2D eigenvalue weighted by Gasteiger charge is 2.25. The first-order valence-corrected chi connectivity index (χ1v) is 9.45. The summed E-state index contributed by atoms with van der Waals surface area (Å²) in [4.78, 5) is 45.6. The van der Waals surface area contributed by atoms with E-state index >= 15 is 0 Å². The summed E-state index contributed by atoms with van der Waals surface area (Å²) in [5.41, 5.74) is 0.800. The van der Waals surface area contributed by atoms with Crippen LogP contribution in [0.2, 0.25) is 5.02 Å². The van der Waals surface area contributed by atoms with Crippen molar-refractivity contribution in [2.75, 3.05) is 12.4 Å². The molecule has 2 aromatic heterocycles. The first kappa shape index (κ1) is 22.0. The molecule has 9 heteroatoms. The molecule has 0 saturated heterocycles. The molecule has 1 unspecified atom stereocenters. The summed E-state index contributed by atoms with van der Waals surface area (Å²) in [7, 11) is 1.30. The van der Waals surface area contributed by atoms with Crippen molar-refractivity contribution in [1.29, 1.82) is 0 Å². The largest absolute Gasteiger partial charge is 0.494 e. The number of rotatable bonds is 8. The van der Waals surface area contributed by atoms with Crippen molar-refractivity contribution < 1.29 is 23.5 Å². The lowest BCUT2D eigenvalue weighted by Gasteiger charge is -2.16. The molecule has 7 nitrogen and oxygen atoms in total. The molecule has 3 rings (SSSR count). The van der Waals surface area contributed by atoms with E-state index in [-0.39, 0.29) is 27.7 Å². The van der Waals surface area contributed by atoms with Crippen LogP contribution in [0.15, 0.2) is 48.8 Å². The van der Waals surface area contributed by atoms with Crippen molar-refractivity contribution in [2.24, 2.45) is 0 Å². The summed E-state index contributed by atoms with van der Waals surface area (Å²) < 4.78 is 18.8. The van der Waals surface area contributed by atoms with Gasteiger partial charge in [-0.1, -0.05) is 11.6 Å². The number of halogens is 2. The van der Waals surface area contributed by atoms with Gasteiger partial charge in [0.15, 0.2) is 17.3 Å². The molecule has 3 aromatic rings. The first-order chi connectivity index (χ1) is 14.8. The second-order valence-corrected chi connectivity index (χ2v) is 6.92. The molecule has 0 saturated carbocycles. The fraction of sp³-hybridized carbons (Fsp3) is 0.136. The molecule has 0 spiro atoms. The van der Waals surface area contributed by atoms with Crippen LogP contribution in [0, 0.1) is 12.7 Å². The van der Waals surface area contributed by atoms with Gasteiger partial charge in [0, 0.05) is 29.2 Å². The molecule has 0 aliphatic rings. The van der Waals surface area contributed by atoms with E-state index in [1.165, 1.54) is 31.5 Å². The molecule has 31 heavy (non-hydrogen) atoms. The van der Waals surface area contributed by atoms with Gasteiger partial charge >= 0.3 is 0 Å². The predicted octanol–water partition coefficient (Wildman–Crippen LogP) is 3.68. The van der Waals surface area contributed by atoms with Crippen LogP contribution in [0.5, 0.6) is 5.75 Å². The van der Waals surface area contributed by atoms with E-state index in [0.717, 1.165) is 6.07 Å². The van der Waals surface area contributed by atoms with Crippen molar-refractivity contribution in [3.63, 3.8) is 0 Å². The van der Waals surface area contributed by atoms with Gasteiger partial charge in [-0.3, -0.25) is 14.6 Å². The average Bonchev–Trinajstić information content (AvgIpc) is 2.77. The van der Waals surface area contributed by atoms with Crippen LogP contribution in [0.3, 0.4) is 0 Å². The number of ketones is 2. The van der Waals surface area contributed by atoms with E-state index in [1.54, 1.807) is 25.3 Å². The molecule has 0 aliphatic heterocycles. The molecule has 1 N–H and O–H groups in total. The number of hydrogen-bond donors (Lipinski definition) is 1. The van der Waals surface area contributed by atoms with E-state index in [2.05, 4.69) is 15.3 Å². The monoisotopic (exact) mass is 441 g/mol. The number of hydrogen-bond acceptors (Lipinski definition) is 7.